The first-order valence-corrected chi connectivity index (χ1v) is 8.59. The van der Waals surface area contributed by atoms with Crippen LogP contribution in [0.5, 0.6) is 0 Å². The largest absolute Gasteiger partial charge is 0.300 e. The Balaban J connectivity index is 2.62. The Morgan fingerprint density at radius 2 is 1.82 bits per heavy atom. The fraction of sp³-hybridized carbons (Fsp3) is 1.00. The molecule has 0 amide bonds. The van der Waals surface area contributed by atoms with Gasteiger partial charge in [0.2, 0.25) is 0 Å². The van der Waals surface area contributed by atoms with Gasteiger partial charge in [0.1, 0.15) is 0 Å². The second kappa shape index (κ2) is 7.78. The number of hydrogen-bond acceptors (Lipinski definition) is 1. The summed E-state index contributed by atoms with van der Waals surface area (Å²) in [6.45, 7) is 9.69. The van der Waals surface area contributed by atoms with E-state index in [-0.39, 0.29) is 0 Å². The summed E-state index contributed by atoms with van der Waals surface area (Å²) in [5.74, 6) is 0. The fourth-order valence-corrected chi connectivity index (χ4v) is 4.08. The second-order valence-corrected chi connectivity index (χ2v) is 6.51. The topological polar surface area (TPSA) is 3.24 Å². The molecule has 2 heteroatoms. The zero-order valence-electron chi connectivity index (χ0n) is 12.0. The molecule has 1 saturated heterocycles. The molecule has 1 atom stereocenters. The summed E-state index contributed by atoms with van der Waals surface area (Å²) in [5.41, 5.74) is 0.523. The normalized spacial score (nSPS) is 22.9. The van der Waals surface area contributed by atoms with E-state index in [9.17, 15) is 0 Å². The molecule has 0 aromatic carbocycles. The SMILES string of the molecule is CCCC(CBr)(CCC)CN1CCCCC1C. The van der Waals surface area contributed by atoms with Crippen molar-refractivity contribution >= 4 is 15.9 Å². The van der Waals surface area contributed by atoms with Crippen LogP contribution in [-0.2, 0) is 0 Å². The van der Waals surface area contributed by atoms with E-state index in [2.05, 4.69) is 41.6 Å². The van der Waals surface area contributed by atoms with Crippen LogP contribution in [0.4, 0.5) is 0 Å². The van der Waals surface area contributed by atoms with Crippen LogP contribution in [-0.4, -0.2) is 29.4 Å². The molecule has 0 aromatic rings. The molecule has 0 radical (unpaired) electrons. The van der Waals surface area contributed by atoms with Gasteiger partial charge in [0.25, 0.3) is 0 Å². The van der Waals surface area contributed by atoms with Crippen molar-refractivity contribution in [3.05, 3.63) is 0 Å². The van der Waals surface area contributed by atoms with E-state index in [1.165, 1.54) is 63.4 Å². The number of piperidine rings is 1. The van der Waals surface area contributed by atoms with Crippen molar-refractivity contribution in [3.63, 3.8) is 0 Å². The summed E-state index contributed by atoms with van der Waals surface area (Å²) in [5, 5.41) is 1.17. The molecule has 0 spiro atoms. The molecule has 1 aliphatic rings. The Morgan fingerprint density at radius 3 is 2.29 bits per heavy atom. The first-order valence-electron chi connectivity index (χ1n) is 7.47. The molecule has 0 bridgehead atoms. The zero-order valence-corrected chi connectivity index (χ0v) is 13.6. The van der Waals surface area contributed by atoms with Crippen molar-refractivity contribution in [2.75, 3.05) is 18.4 Å². The first-order chi connectivity index (χ1) is 8.17. The zero-order chi connectivity index (χ0) is 12.7. The standard InChI is InChI=1S/C15H30BrN/c1-4-9-15(12-16,10-5-2)13-17-11-7-6-8-14(17)3/h14H,4-13H2,1-3H3. The summed E-state index contributed by atoms with van der Waals surface area (Å²) in [7, 11) is 0. The molecule has 1 fully saturated rings. The van der Waals surface area contributed by atoms with Gasteiger partial charge in [0, 0.05) is 17.9 Å². The minimum Gasteiger partial charge on any atom is -0.300 e. The molecule has 0 aliphatic carbocycles. The van der Waals surface area contributed by atoms with Crippen LogP contribution in [0.2, 0.25) is 0 Å². The molecule has 17 heavy (non-hydrogen) atoms. The van der Waals surface area contributed by atoms with Crippen molar-refractivity contribution in [2.24, 2.45) is 5.41 Å². The molecule has 0 saturated carbocycles. The quantitative estimate of drug-likeness (QED) is 0.608. The molecular weight excluding hydrogens is 274 g/mol. The van der Waals surface area contributed by atoms with Gasteiger partial charge in [-0.2, -0.15) is 0 Å². The van der Waals surface area contributed by atoms with E-state index in [0.717, 1.165) is 6.04 Å². The van der Waals surface area contributed by atoms with Gasteiger partial charge in [-0.25, -0.2) is 0 Å². The minimum absolute atomic E-state index is 0.523. The first kappa shape index (κ1) is 15.5. The second-order valence-electron chi connectivity index (χ2n) is 5.95. The molecule has 0 N–H and O–H groups in total. The Kier molecular flexibility index (Phi) is 7.10. The Morgan fingerprint density at radius 1 is 1.18 bits per heavy atom. The average molecular weight is 304 g/mol. The highest BCUT2D eigenvalue weighted by molar-refractivity contribution is 9.09. The third-order valence-corrected chi connectivity index (χ3v) is 5.51. The van der Waals surface area contributed by atoms with Crippen LogP contribution >= 0.6 is 15.9 Å². The highest BCUT2D eigenvalue weighted by Crippen LogP contribution is 2.34. The maximum absolute atomic E-state index is 3.80. The number of nitrogens with zero attached hydrogens (tertiary/aromatic N) is 1. The van der Waals surface area contributed by atoms with Gasteiger partial charge in [0.05, 0.1) is 0 Å². The van der Waals surface area contributed by atoms with Crippen molar-refractivity contribution in [1.82, 2.24) is 4.90 Å². The average Bonchev–Trinajstić information content (AvgIpc) is 2.33. The van der Waals surface area contributed by atoms with Crippen LogP contribution < -0.4 is 0 Å². The summed E-state index contributed by atoms with van der Waals surface area (Å²) < 4.78 is 0. The van der Waals surface area contributed by atoms with E-state index in [1.54, 1.807) is 0 Å². The third-order valence-electron chi connectivity index (χ3n) is 4.32. The lowest BCUT2D eigenvalue weighted by atomic mass is 9.80. The Hall–Kier alpha value is 0.440. The van der Waals surface area contributed by atoms with Gasteiger partial charge in [0.15, 0.2) is 0 Å². The number of likely N-dealkylation sites (tertiary alicyclic amines) is 1. The summed E-state index contributed by atoms with van der Waals surface area (Å²) in [6, 6.07) is 0.802. The molecule has 102 valence electrons. The fourth-order valence-electron chi connectivity index (χ4n) is 3.34. The highest BCUT2D eigenvalue weighted by Gasteiger charge is 2.32. The lowest BCUT2D eigenvalue weighted by Gasteiger charge is -2.42. The van der Waals surface area contributed by atoms with E-state index >= 15 is 0 Å². The van der Waals surface area contributed by atoms with E-state index in [1.807, 2.05) is 0 Å². The van der Waals surface area contributed by atoms with Gasteiger partial charge in [-0.1, -0.05) is 49.0 Å². The lowest BCUT2D eigenvalue weighted by Crippen LogP contribution is -2.45. The van der Waals surface area contributed by atoms with E-state index < -0.39 is 0 Å². The van der Waals surface area contributed by atoms with Gasteiger partial charge < -0.3 is 4.90 Å². The smallest absolute Gasteiger partial charge is 0.0100 e. The number of rotatable bonds is 7. The Labute approximate surface area is 116 Å². The predicted molar refractivity (Wildman–Crippen MR) is 80.9 cm³/mol. The van der Waals surface area contributed by atoms with Gasteiger partial charge >= 0.3 is 0 Å². The van der Waals surface area contributed by atoms with Crippen molar-refractivity contribution in [1.29, 1.82) is 0 Å². The van der Waals surface area contributed by atoms with Crippen LogP contribution in [0.1, 0.15) is 65.7 Å². The Bertz CT molecular complexity index is 199. The van der Waals surface area contributed by atoms with E-state index in [0.29, 0.717) is 5.41 Å². The van der Waals surface area contributed by atoms with Gasteiger partial charge in [-0.05, 0) is 44.6 Å². The summed E-state index contributed by atoms with van der Waals surface area (Å²) in [4.78, 5) is 2.75. The predicted octanol–water partition coefficient (Wildman–Crippen LogP) is 4.84. The van der Waals surface area contributed by atoms with Crippen LogP contribution in [0.25, 0.3) is 0 Å². The van der Waals surface area contributed by atoms with Crippen LogP contribution in [0.15, 0.2) is 0 Å². The molecule has 1 unspecified atom stereocenters. The highest BCUT2D eigenvalue weighted by atomic mass is 79.9. The van der Waals surface area contributed by atoms with Crippen LogP contribution in [0, 0.1) is 5.41 Å². The summed E-state index contributed by atoms with van der Waals surface area (Å²) >= 11 is 3.80. The van der Waals surface area contributed by atoms with Crippen molar-refractivity contribution < 1.29 is 0 Å². The van der Waals surface area contributed by atoms with Crippen LogP contribution in [0.3, 0.4) is 0 Å². The van der Waals surface area contributed by atoms with Gasteiger partial charge in [-0.3, -0.25) is 0 Å². The lowest BCUT2D eigenvalue weighted by molar-refractivity contribution is 0.0883. The number of hydrogen-bond donors (Lipinski definition) is 0. The molecule has 1 rings (SSSR count). The maximum Gasteiger partial charge on any atom is 0.0100 e. The molecule has 1 nitrogen and oxygen atoms in total. The summed E-state index contributed by atoms with van der Waals surface area (Å²) in [6.07, 6.45) is 9.60. The third kappa shape index (κ3) is 4.55. The minimum atomic E-state index is 0.523. The number of alkyl halides is 1. The molecule has 1 heterocycles. The molecular formula is C15H30BrN. The molecule has 0 aromatic heterocycles. The van der Waals surface area contributed by atoms with Crippen molar-refractivity contribution in [3.8, 4) is 0 Å². The van der Waals surface area contributed by atoms with Gasteiger partial charge in [-0.15, -0.1) is 0 Å². The van der Waals surface area contributed by atoms with E-state index in [4.69, 9.17) is 0 Å². The number of halogens is 1. The maximum atomic E-state index is 3.80. The van der Waals surface area contributed by atoms with Crippen molar-refractivity contribution in [2.45, 2.75) is 71.8 Å². The molecule has 1 aliphatic heterocycles. The monoisotopic (exact) mass is 303 g/mol.